The lowest BCUT2D eigenvalue weighted by Crippen LogP contribution is -2.51. The van der Waals surface area contributed by atoms with Gasteiger partial charge in [0.2, 0.25) is 5.91 Å². The molecule has 4 rings (SSSR count). The molecule has 148 valence electrons. The summed E-state index contributed by atoms with van der Waals surface area (Å²) >= 11 is 0. The van der Waals surface area contributed by atoms with E-state index in [4.69, 9.17) is 4.98 Å². The maximum Gasteiger partial charge on any atom is 0.222 e. The third-order valence-electron chi connectivity index (χ3n) is 6.79. The van der Waals surface area contributed by atoms with Crippen LogP contribution in [0.5, 0.6) is 0 Å². The summed E-state index contributed by atoms with van der Waals surface area (Å²) in [5.41, 5.74) is 2.67. The van der Waals surface area contributed by atoms with Gasteiger partial charge in [-0.05, 0) is 76.2 Å². The number of carbonyl (C=O) groups excluding carboxylic acids is 1. The van der Waals surface area contributed by atoms with Gasteiger partial charge in [0.25, 0.3) is 0 Å². The Labute approximate surface area is 163 Å². The fourth-order valence-corrected chi connectivity index (χ4v) is 5.26. The smallest absolute Gasteiger partial charge is 0.222 e. The van der Waals surface area contributed by atoms with Crippen LogP contribution in [-0.4, -0.2) is 66.5 Å². The molecule has 3 saturated heterocycles. The van der Waals surface area contributed by atoms with Gasteiger partial charge < -0.3 is 15.1 Å². The van der Waals surface area contributed by atoms with Crippen molar-refractivity contribution in [2.45, 2.75) is 50.9 Å². The van der Waals surface area contributed by atoms with Crippen molar-refractivity contribution in [2.24, 2.45) is 5.92 Å². The van der Waals surface area contributed by atoms with Gasteiger partial charge in [-0.3, -0.25) is 9.78 Å². The van der Waals surface area contributed by atoms with E-state index >= 15 is 0 Å². The minimum absolute atomic E-state index is 0.171. The Balaban J connectivity index is 1.44. The van der Waals surface area contributed by atoms with Gasteiger partial charge in [0, 0.05) is 49.9 Å². The van der Waals surface area contributed by atoms with Crippen LogP contribution in [0.1, 0.15) is 49.8 Å². The molecule has 0 radical (unpaired) electrons. The fraction of sp³-hybridized carbons (Fsp3) is 0.727. The number of hydrogen-bond acceptors (Lipinski definition) is 4. The lowest BCUT2D eigenvalue weighted by molar-refractivity contribution is -0.128. The van der Waals surface area contributed by atoms with Crippen LogP contribution in [0.2, 0.25) is 0 Å². The average Bonchev–Trinajstić information content (AvgIpc) is 3.08. The molecule has 5 nitrogen and oxygen atoms in total. The lowest BCUT2D eigenvalue weighted by atomic mass is 9.74. The number of rotatable bonds is 5. The molecule has 5 heteroatoms. The van der Waals surface area contributed by atoms with E-state index in [2.05, 4.69) is 34.2 Å². The quantitative estimate of drug-likeness (QED) is 0.864. The van der Waals surface area contributed by atoms with E-state index in [0.29, 0.717) is 11.8 Å². The molecule has 1 atom stereocenters. The number of likely N-dealkylation sites (tertiary alicyclic amines) is 2. The van der Waals surface area contributed by atoms with Crippen LogP contribution in [0.25, 0.3) is 0 Å². The number of piperidine rings is 2. The van der Waals surface area contributed by atoms with Gasteiger partial charge >= 0.3 is 0 Å². The van der Waals surface area contributed by atoms with Gasteiger partial charge in [-0.2, -0.15) is 0 Å². The molecule has 0 bridgehead atoms. The third kappa shape index (κ3) is 4.35. The minimum atomic E-state index is 0.171. The van der Waals surface area contributed by atoms with E-state index in [0.717, 1.165) is 65.0 Å². The number of aromatic nitrogens is 1. The van der Waals surface area contributed by atoms with Crippen molar-refractivity contribution in [1.82, 2.24) is 20.1 Å². The maximum absolute atomic E-state index is 12.0. The van der Waals surface area contributed by atoms with Gasteiger partial charge in [-0.1, -0.05) is 6.07 Å². The van der Waals surface area contributed by atoms with Crippen LogP contribution in [0, 0.1) is 12.8 Å². The van der Waals surface area contributed by atoms with Crippen LogP contribution in [0.4, 0.5) is 0 Å². The number of aryl methyl sites for hydroxylation is 1. The highest BCUT2D eigenvalue weighted by Gasteiger charge is 2.38. The molecule has 1 aromatic heterocycles. The number of nitrogens with one attached hydrogen (secondary N) is 1. The van der Waals surface area contributed by atoms with Crippen molar-refractivity contribution in [1.29, 1.82) is 0 Å². The van der Waals surface area contributed by atoms with Crippen molar-refractivity contribution in [3.8, 4) is 0 Å². The molecule has 3 fully saturated rings. The second kappa shape index (κ2) is 8.27. The zero-order valence-corrected chi connectivity index (χ0v) is 16.8. The molecule has 1 aromatic rings. The van der Waals surface area contributed by atoms with Gasteiger partial charge in [-0.25, -0.2) is 0 Å². The molecule has 1 N–H and O–H groups in total. The Bertz CT molecular complexity index is 638. The van der Waals surface area contributed by atoms with Crippen LogP contribution < -0.4 is 5.32 Å². The molecule has 0 aromatic carbocycles. The number of carbonyl (C=O) groups is 1. The summed E-state index contributed by atoms with van der Waals surface area (Å²) in [5, 5.41) is 3.53. The summed E-state index contributed by atoms with van der Waals surface area (Å²) in [6.07, 6.45) is 8.66. The minimum Gasteiger partial charge on any atom is -0.342 e. The molecular weight excluding hydrogens is 336 g/mol. The molecule has 27 heavy (non-hydrogen) atoms. The summed E-state index contributed by atoms with van der Waals surface area (Å²) < 4.78 is 0. The molecule has 0 spiro atoms. The van der Waals surface area contributed by atoms with Crippen LogP contribution in [0.15, 0.2) is 18.3 Å². The second-order valence-corrected chi connectivity index (χ2v) is 8.94. The molecule has 1 amide bonds. The summed E-state index contributed by atoms with van der Waals surface area (Å²) in [6, 6.07) is 4.47. The first-order valence-corrected chi connectivity index (χ1v) is 10.8. The van der Waals surface area contributed by atoms with E-state index in [1.165, 1.54) is 30.6 Å². The van der Waals surface area contributed by atoms with E-state index in [1.54, 1.807) is 0 Å². The van der Waals surface area contributed by atoms with Crippen LogP contribution in [-0.2, 0) is 10.2 Å². The van der Waals surface area contributed by atoms with Gasteiger partial charge in [0.1, 0.15) is 0 Å². The molecule has 3 aliphatic heterocycles. The predicted molar refractivity (Wildman–Crippen MR) is 108 cm³/mol. The van der Waals surface area contributed by atoms with E-state index in [-0.39, 0.29) is 5.41 Å². The normalized spacial score (nSPS) is 26.5. The molecule has 4 heterocycles. The largest absolute Gasteiger partial charge is 0.342 e. The van der Waals surface area contributed by atoms with Crippen molar-refractivity contribution < 1.29 is 4.79 Å². The highest BCUT2D eigenvalue weighted by Crippen LogP contribution is 2.34. The number of hydrogen-bond donors (Lipinski definition) is 1. The summed E-state index contributed by atoms with van der Waals surface area (Å²) in [7, 11) is 0. The van der Waals surface area contributed by atoms with Crippen LogP contribution >= 0.6 is 0 Å². The van der Waals surface area contributed by atoms with Crippen LogP contribution in [0.3, 0.4) is 0 Å². The van der Waals surface area contributed by atoms with Crippen molar-refractivity contribution in [2.75, 3.05) is 45.8 Å². The summed E-state index contributed by atoms with van der Waals surface area (Å²) in [4.78, 5) is 21.6. The first-order valence-electron chi connectivity index (χ1n) is 10.8. The summed E-state index contributed by atoms with van der Waals surface area (Å²) in [5.74, 6) is 0.997. The number of amides is 1. The standard InChI is InChI=1S/C22H34N4O/c1-18-6-7-20(24-14-18)22(8-10-23-11-9-22)17-25-12-2-4-19(15-25)16-26-13-3-5-21(26)27/h6-7,14,19,23H,2-5,8-13,15-17H2,1H3. The predicted octanol–water partition coefficient (Wildman–Crippen LogP) is 2.35. The van der Waals surface area contributed by atoms with E-state index < -0.39 is 0 Å². The highest BCUT2D eigenvalue weighted by molar-refractivity contribution is 5.78. The van der Waals surface area contributed by atoms with Crippen molar-refractivity contribution in [3.63, 3.8) is 0 Å². The first-order chi connectivity index (χ1) is 13.1. The van der Waals surface area contributed by atoms with Crippen molar-refractivity contribution in [3.05, 3.63) is 29.6 Å². The zero-order chi connectivity index (χ0) is 18.7. The average molecular weight is 371 g/mol. The Kier molecular flexibility index (Phi) is 5.79. The third-order valence-corrected chi connectivity index (χ3v) is 6.79. The Hall–Kier alpha value is -1.46. The topological polar surface area (TPSA) is 48.5 Å². The van der Waals surface area contributed by atoms with Crippen molar-refractivity contribution >= 4 is 5.91 Å². The maximum atomic E-state index is 12.0. The second-order valence-electron chi connectivity index (χ2n) is 8.94. The molecular formula is C22H34N4O. The van der Waals surface area contributed by atoms with Gasteiger partial charge in [-0.15, -0.1) is 0 Å². The lowest BCUT2D eigenvalue weighted by Gasteiger charge is -2.44. The Morgan fingerprint density at radius 2 is 2.07 bits per heavy atom. The summed E-state index contributed by atoms with van der Waals surface area (Å²) in [6.45, 7) is 9.63. The van der Waals surface area contributed by atoms with E-state index in [9.17, 15) is 4.79 Å². The number of nitrogens with zero attached hydrogens (tertiary/aromatic N) is 3. The first kappa shape index (κ1) is 18.9. The molecule has 0 aliphatic carbocycles. The fourth-order valence-electron chi connectivity index (χ4n) is 5.26. The monoisotopic (exact) mass is 370 g/mol. The molecule has 3 aliphatic rings. The van der Waals surface area contributed by atoms with E-state index in [1.807, 2.05) is 6.20 Å². The van der Waals surface area contributed by atoms with Gasteiger partial charge in [0.05, 0.1) is 0 Å². The molecule has 1 unspecified atom stereocenters. The highest BCUT2D eigenvalue weighted by atomic mass is 16.2. The molecule has 0 saturated carbocycles. The zero-order valence-electron chi connectivity index (χ0n) is 16.8. The van der Waals surface area contributed by atoms with Gasteiger partial charge in [0.15, 0.2) is 0 Å². The number of pyridine rings is 1. The Morgan fingerprint density at radius 3 is 2.78 bits per heavy atom. The Morgan fingerprint density at radius 1 is 1.22 bits per heavy atom. The SMILES string of the molecule is Cc1ccc(C2(CN3CCCC(CN4CCCC4=O)C3)CCNCC2)nc1.